The second kappa shape index (κ2) is 26.8. The molecular formula is CdCoO2. The molecule has 4 heavy (non-hydrogen) atoms. The first-order valence-electron chi connectivity index (χ1n) is 0. The molecule has 0 fully saturated rings. The molecule has 0 spiro atoms. The van der Waals surface area contributed by atoms with Gasteiger partial charge in [-0.2, -0.15) is 0 Å². The Morgan fingerprint density at radius 1 is 0.750 bits per heavy atom. The first-order chi connectivity index (χ1) is 0. The third-order valence-electron chi connectivity index (χ3n) is 0. The molecular weight excluding hydrogens is 203 g/mol. The summed E-state index contributed by atoms with van der Waals surface area (Å²) >= 11 is 0. The Hall–Kier alpha value is 1.35. The van der Waals surface area contributed by atoms with E-state index in [4.69, 9.17) is 0 Å². The van der Waals surface area contributed by atoms with Crippen molar-refractivity contribution < 1.29 is 55.0 Å². The van der Waals surface area contributed by atoms with Gasteiger partial charge in [0.25, 0.3) is 0 Å². The van der Waals surface area contributed by atoms with Crippen LogP contribution in [0.4, 0.5) is 0 Å². The average Bonchev–Trinajstić information content (AvgIpc) is 0. The largest absolute Gasteiger partial charge is 2.00 e. The minimum atomic E-state index is 0. The molecule has 0 aliphatic rings. The van der Waals surface area contributed by atoms with Gasteiger partial charge in [-0.05, 0) is 0 Å². The normalized spacial score (nSPS) is 0. The van der Waals surface area contributed by atoms with E-state index in [-0.39, 0.29) is 55.0 Å². The van der Waals surface area contributed by atoms with Gasteiger partial charge in [-0.3, -0.25) is 0 Å². The van der Waals surface area contributed by atoms with Crippen LogP contribution in [0.5, 0.6) is 0 Å². The monoisotopic (exact) mass is 205 g/mol. The van der Waals surface area contributed by atoms with Gasteiger partial charge in [-0.25, -0.2) is 0 Å². The summed E-state index contributed by atoms with van der Waals surface area (Å²) in [5.74, 6) is 0. The standard InChI is InChI=1S/Cd.Co.2O/q2*+2;2*-2. The molecule has 23 valence electrons. The summed E-state index contributed by atoms with van der Waals surface area (Å²) in [5.41, 5.74) is 0. The summed E-state index contributed by atoms with van der Waals surface area (Å²) in [6, 6.07) is 0. The van der Waals surface area contributed by atoms with Crippen molar-refractivity contribution in [2.24, 2.45) is 0 Å². The molecule has 0 heterocycles. The third-order valence-corrected chi connectivity index (χ3v) is 0. The molecule has 4 heteroatoms. The van der Waals surface area contributed by atoms with E-state index < -0.39 is 0 Å². The average molecular weight is 203 g/mol. The van der Waals surface area contributed by atoms with E-state index >= 15 is 0 Å². The van der Waals surface area contributed by atoms with Gasteiger partial charge in [-0.1, -0.05) is 0 Å². The molecule has 0 aromatic carbocycles. The molecule has 0 aromatic heterocycles. The summed E-state index contributed by atoms with van der Waals surface area (Å²) in [6.07, 6.45) is 0. The van der Waals surface area contributed by atoms with Gasteiger partial charge in [-0.15, -0.1) is 0 Å². The number of rotatable bonds is 0. The molecule has 0 aliphatic carbocycles. The van der Waals surface area contributed by atoms with Crippen molar-refractivity contribution in [2.45, 2.75) is 0 Å². The molecule has 0 aromatic rings. The zero-order chi connectivity index (χ0) is 0. The molecule has 0 rings (SSSR count). The maximum atomic E-state index is 0. The van der Waals surface area contributed by atoms with E-state index in [0.717, 1.165) is 0 Å². The molecule has 0 atom stereocenters. The summed E-state index contributed by atoms with van der Waals surface area (Å²) in [5, 5.41) is 0. The molecule has 0 bridgehead atoms. The minimum absolute atomic E-state index is 0. The van der Waals surface area contributed by atoms with Crippen LogP contribution in [0.3, 0.4) is 0 Å². The van der Waals surface area contributed by atoms with Gasteiger partial charge in [0, 0.05) is 0 Å². The summed E-state index contributed by atoms with van der Waals surface area (Å²) in [4.78, 5) is 0. The first kappa shape index (κ1) is 55.6. The maximum Gasteiger partial charge on any atom is 2.00 e. The van der Waals surface area contributed by atoms with E-state index in [9.17, 15) is 0 Å². The Morgan fingerprint density at radius 3 is 0.750 bits per heavy atom. The van der Waals surface area contributed by atoms with Gasteiger partial charge < -0.3 is 11.0 Å². The van der Waals surface area contributed by atoms with Crippen LogP contribution in [0.2, 0.25) is 0 Å². The second-order valence-electron chi connectivity index (χ2n) is 0. The predicted octanol–water partition coefficient (Wildman–Crippen LogP) is -0.243. The van der Waals surface area contributed by atoms with E-state index in [1.54, 1.807) is 0 Å². The molecule has 0 amide bonds. The van der Waals surface area contributed by atoms with Crippen molar-refractivity contribution in [2.75, 3.05) is 0 Å². The van der Waals surface area contributed by atoms with E-state index in [0.29, 0.717) is 0 Å². The van der Waals surface area contributed by atoms with Crippen molar-refractivity contribution in [1.82, 2.24) is 0 Å². The van der Waals surface area contributed by atoms with Crippen LogP contribution in [-0.4, -0.2) is 0 Å². The van der Waals surface area contributed by atoms with E-state index in [2.05, 4.69) is 0 Å². The molecule has 0 aliphatic heterocycles. The number of hydrogen-bond acceptors (Lipinski definition) is 0. The fraction of sp³-hybridized carbons (Fsp3) is 0. The van der Waals surface area contributed by atoms with Crippen molar-refractivity contribution in [3.05, 3.63) is 0 Å². The van der Waals surface area contributed by atoms with Crippen molar-refractivity contribution in [3.63, 3.8) is 0 Å². The quantitative estimate of drug-likeness (QED) is 0.488. The van der Waals surface area contributed by atoms with Crippen molar-refractivity contribution in [1.29, 1.82) is 0 Å². The Bertz CT molecular complexity index is 6.00. The van der Waals surface area contributed by atoms with Gasteiger partial charge >= 0.3 is 44.1 Å². The van der Waals surface area contributed by atoms with Crippen molar-refractivity contribution >= 4 is 0 Å². The topological polar surface area (TPSA) is 57.0 Å². The Balaban J connectivity index is 0. The van der Waals surface area contributed by atoms with Crippen LogP contribution >= 0.6 is 0 Å². The van der Waals surface area contributed by atoms with Gasteiger partial charge in [0.15, 0.2) is 0 Å². The van der Waals surface area contributed by atoms with Crippen LogP contribution in [0, 0.1) is 0 Å². The zero-order valence-electron chi connectivity index (χ0n) is 1.86. The molecule has 0 saturated heterocycles. The Kier molecular flexibility index (Phi) is 373. The molecule has 0 saturated carbocycles. The maximum absolute atomic E-state index is 0. The fourth-order valence-corrected chi connectivity index (χ4v) is 0. The van der Waals surface area contributed by atoms with Crippen molar-refractivity contribution in [3.8, 4) is 0 Å². The summed E-state index contributed by atoms with van der Waals surface area (Å²) < 4.78 is 0. The van der Waals surface area contributed by atoms with Gasteiger partial charge in [0.05, 0.1) is 0 Å². The van der Waals surface area contributed by atoms with E-state index in [1.165, 1.54) is 0 Å². The van der Waals surface area contributed by atoms with E-state index in [1.807, 2.05) is 0 Å². The molecule has 0 N–H and O–H groups in total. The van der Waals surface area contributed by atoms with Gasteiger partial charge in [0.1, 0.15) is 0 Å². The zero-order valence-corrected chi connectivity index (χ0v) is 6.93. The third kappa shape index (κ3) is 10.2. The Morgan fingerprint density at radius 2 is 0.750 bits per heavy atom. The summed E-state index contributed by atoms with van der Waals surface area (Å²) in [6.45, 7) is 0. The fourth-order valence-electron chi connectivity index (χ4n) is 0. The van der Waals surface area contributed by atoms with Gasteiger partial charge in [0.2, 0.25) is 0 Å². The first-order valence-corrected chi connectivity index (χ1v) is 0. The van der Waals surface area contributed by atoms with Crippen LogP contribution in [0.15, 0.2) is 0 Å². The number of hydrogen-bond donors (Lipinski definition) is 0. The predicted molar refractivity (Wildman–Crippen MR) is 1.37 cm³/mol. The minimum Gasteiger partial charge on any atom is -2.00 e. The molecule has 1 radical (unpaired) electrons. The second-order valence-corrected chi connectivity index (χ2v) is 0. The molecule has 0 unspecified atom stereocenters. The van der Waals surface area contributed by atoms with Crippen LogP contribution in [0.25, 0.3) is 0 Å². The SMILES string of the molecule is [Cd+2].[Co+2].[O-2].[O-2]. The smallest absolute Gasteiger partial charge is 2.00 e. The molecule has 2 nitrogen and oxygen atoms in total. The van der Waals surface area contributed by atoms with Crippen LogP contribution < -0.4 is 0 Å². The summed E-state index contributed by atoms with van der Waals surface area (Å²) in [7, 11) is 0. The Labute approximate surface area is 54.9 Å². The van der Waals surface area contributed by atoms with Crippen LogP contribution in [-0.2, 0) is 55.0 Å². The van der Waals surface area contributed by atoms with Crippen LogP contribution in [0.1, 0.15) is 0 Å².